The molecule has 0 aliphatic heterocycles. The van der Waals surface area contributed by atoms with E-state index in [1.165, 1.54) is 12.3 Å². The van der Waals surface area contributed by atoms with Crippen LogP contribution in [0.2, 0.25) is 0 Å². The lowest BCUT2D eigenvalue weighted by molar-refractivity contribution is -0.390. The van der Waals surface area contributed by atoms with E-state index in [1.807, 2.05) is 13.0 Å². The third-order valence-corrected chi connectivity index (χ3v) is 2.50. The van der Waals surface area contributed by atoms with Crippen LogP contribution in [0.5, 0.6) is 5.75 Å². The molecule has 0 fully saturated rings. The predicted molar refractivity (Wildman–Crippen MR) is 73.6 cm³/mol. The van der Waals surface area contributed by atoms with Gasteiger partial charge in [0.25, 0.3) is 0 Å². The second-order valence-electron chi connectivity index (χ2n) is 3.95. The van der Waals surface area contributed by atoms with Crippen molar-refractivity contribution < 1.29 is 9.66 Å². The molecule has 1 N–H and O–H groups in total. The van der Waals surface area contributed by atoms with E-state index in [2.05, 4.69) is 15.3 Å². The van der Waals surface area contributed by atoms with Crippen LogP contribution < -0.4 is 10.1 Å². The number of aromatic nitrogens is 2. The highest BCUT2D eigenvalue weighted by atomic mass is 16.6. The number of pyridine rings is 2. The van der Waals surface area contributed by atoms with Gasteiger partial charge in [0.15, 0.2) is 0 Å². The van der Waals surface area contributed by atoms with Crippen LogP contribution in [0.15, 0.2) is 36.7 Å². The zero-order chi connectivity index (χ0) is 14.4. The van der Waals surface area contributed by atoms with Crippen LogP contribution in [0.1, 0.15) is 12.5 Å². The molecule has 2 aromatic rings. The molecule has 0 radical (unpaired) electrons. The smallest absolute Gasteiger partial charge is 0.406 e. The lowest BCUT2D eigenvalue weighted by Gasteiger charge is -2.07. The summed E-state index contributed by atoms with van der Waals surface area (Å²) < 4.78 is 5.46. The largest absolute Gasteiger partial charge is 0.481 e. The molecule has 0 saturated carbocycles. The molecule has 0 bridgehead atoms. The fourth-order valence-electron chi connectivity index (χ4n) is 1.63. The van der Waals surface area contributed by atoms with Gasteiger partial charge in [-0.3, -0.25) is 0 Å². The highest BCUT2D eigenvalue weighted by Gasteiger charge is 2.15. The van der Waals surface area contributed by atoms with Crippen molar-refractivity contribution in [3.8, 4) is 5.75 Å². The first-order chi connectivity index (χ1) is 9.70. The molecule has 0 unspecified atom stereocenters. The number of hydrogen-bond donors (Lipinski definition) is 1. The van der Waals surface area contributed by atoms with E-state index in [-0.39, 0.29) is 18.2 Å². The zero-order valence-corrected chi connectivity index (χ0v) is 10.9. The Balaban J connectivity index is 2.09. The van der Waals surface area contributed by atoms with Crippen LogP contribution in [0.4, 0.5) is 11.6 Å². The molecule has 0 atom stereocenters. The van der Waals surface area contributed by atoms with Gasteiger partial charge in [-0.15, -0.1) is 0 Å². The van der Waals surface area contributed by atoms with Crippen LogP contribution in [-0.4, -0.2) is 21.4 Å². The Kier molecular flexibility index (Phi) is 4.43. The monoisotopic (exact) mass is 274 g/mol. The van der Waals surface area contributed by atoms with E-state index in [9.17, 15) is 10.1 Å². The van der Waals surface area contributed by atoms with Gasteiger partial charge < -0.3 is 20.2 Å². The van der Waals surface area contributed by atoms with E-state index < -0.39 is 4.92 Å². The van der Waals surface area contributed by atoms with Gasteiger partial charge in [0, 0.05) is 12.7 Å². The third-order valence-electron chi connectivity index (χ3n) is 2.50. The van der Waals surface area contributed by atoms with Crippen molar-refractivity contribution in [1.29, 1.82) is 0 Å². The second-order valence-corrected chi connectivity index (χ2v) is 3.95. The van der Waals surface area contributed by atoms with Crippen molar-refractivity contribution in [3.05, 3.63) is 52.3 Å². The summed E-state index contributed by atoms with van der Waals surface area (Å²) in [6.07, 6.45) is 3.02. The molecule has 104 valence electrons. The Morgan fingerprint density at radius 2 is 2.20 bits per heavy atom. The van der Waals surface area contributed by atoms with Gasteiger partial charge in [0.2, 0.25) is 5.75 Å². The average molecular weight is 274 g/mol. The van der Waals surface area contributed by atoms with E-state index in [4.69, 9.17) is 4.74 Å². The molecule has 7 nitrogen and oxygen atoms in total. The minimum atomic E-state index is -0.564. The first-order valence-corrected chi connectivity index (χ1v) is 6.11. The summed E-state index contributed by atoms with van der Waals surface area (Å²) in [6.45, 7) is 2.96. The molecule has 20 heavy (non-hydrogen) atoms. The van der Waals surface area contributed by atoms with Crippen molar-refractivity contribution in [3.63, 3.8) is 0 Å². The minimum Gasteiger partial charge on any atom is -0.481 e. The van der Waals surface area contributed by atoms with Gasteiger partial charge in [0.05, 0.1) is 0 Å². The summed E-state index contributed by atoms with van der Waals surface area (Å²) >= 11 is 0. The van der Waals surface area contributed by atoms with E-state index in [0.29, 0.717) is 0 Å². The first-order valence-electron chi connectivity index (χ1n) is 6.11. The number of anilines is 1. The van der Waals surface area contributed by atoms with Gasteiger partial charge in [-0.2, -0.15) is 0 Å². The normalized spacial score (nSPS) is 10.1. The predicted octanol–water partition coefficient (Wildman–Crippen LogP) is 2.40. The Morgan fingerprint density at radius 3 is 2.95 bits per heavy atom. The maximum absolute atomic E-state index is 10.8. The molecule has 0 saturated heterocycles. The second kappa shape index (κ2) is 6.46. The lowest BCUT2D eigenvalue weighted by atomic mass is 10.3. The highest BCUT2D eigenvalue weighted by Crippen LogP contribution is 2.24. The summed E-state index contributed by atoms with van der Waals surface area (Å²) in [4.78, 5) is 18.1. The molecule has 0 spiro atoms. The van der Waals surface area contributed by atoms with Crippen molar-refractivity contribution in [2.24, 2.45) is 0 Å². The van der Waals surface area contributed by atoms with E-state index in [1.54, 1.807) is 18.3 Å². The SMILES string of the molecule is CCNc1cc(COc2cccnc2[N+](=O)[O-])ccn1. The van der Waals surface area contributed by atoms with Gasteiger partial charge in [-0.25, -0.2) is 4.98 Å². The molecular formula is C13H14N4O3. The maximum atomic E-state index is 10.8. The van der Waals surface area contributed by atoms with Gasteiger partial charge in [-0.05, 0) is 46.7 Å². The summed E-state index contributed by atoms with van der Waals surface area (Å²) in [7, 11) is 0. The van der Waals surface area contributed by atoms with Crippen LogP contribution in [0.3, 0.4) is 0 Å². The Hall–Kier alpha value is -2.70. The standard InChI is InChI=1S/C13H14N4O3/c1-2-14-12-8-10(5-7-15-12)9-20-11-4-3-6-16-13(11)17(18)19/h3-8H,2,9H2,1H3,(H,14,15). The molecule has 2 rings (SSSR count). The first kappa shape index (κ1) is 13.7. The summed E-state index contributed by atoms with van der Waals surface area (Å²) in [5.74, 6) is 0.613. The van der Waals surface area contributed by atoms with Crippen molar-refractivity contribution in [1.82, 2.24) is 9.97 Å². The third kappa shape index (κ3) is 3.41. The van der Waals surface area contributed by atoms with Crippen LogP contribution >= 0.6 is 0 Å². The summed E-state index contributed by atoms with van der Waals surface area (Å²) in [6, 6.07) is 6.76. The molecule has 7 heteroatoms. The highest BCUT2D eigenvalue weighted by molar-refractivity contribution is 5.40. The van der Waals surface area contributed by atoms with E-state index >= 15 is 0 Å². The Morgan fingerprint density at radius 1 is 1.35 bits per heavy atom. The number of rotatable bonds is 6. The van der Waals surface area contributed by atoms with Crippen LogP contribution in [-0.2, 0) is 6.61 Å². The Bertz CT molecular complexity index is 604. The molecule has 0 aliphatic carbocycles. The summed E-state index contributed by atoms with van der Waals surface area (Å²) in [5.41, 5.74) is 0.870. The zero-order valence-electron chi connectivity index (χ0n) is 10.9. The number of ether oxygens (including phenoxy) is 1. The molecule has 0 aromatic carbocycles. The van der Waals surface area contributed by atoms with E-state index in [0.717, 1.165) is 17.9 Å². The molecule has 2 aromatic heterocycles. The lowest BCUT2D eigenvalue weighted by Crippen LogP contribution is -2.03. The average Bonchev–Trinajstić information content (AvgIpc) is 2.46. The van der Waals surface area contributed by atoms with Crippen molar-refractivity contribution in [2.75, 3.05) is 11.9 Å². The van der Waals surface area contributed by atoms with Crippen molar-refractivity contribution in [2.45, 2.75) is 13.5 Å². The summed E-state index contributed by atoms with van der Waals surface area (Å²) in [5, 5.41) is 13.9. The number of nitrogens with one attached hydrogen (secondary N) is 1. The fraction of sp³-hybridized carbons (Fsp3) is 0.231. The van der Waals surface area contributed by atoms with Gasteiger partial charge in [-0.1, -0.05) is 0 Å². The number of nitro groups is 1. The maximum Gasteiger partial charge on any atom is 0.406 e. The molecular weight excluding hydrogens is 260 g/mol. The Labute approximate surface area is 115 Å². The van der Waals surface area contributed by atoms with Crippen LogP contribution in [0.25, 0.3) is 0 Å². The van der Waals surface area contributed by atoms with Gasteiger partial charge >= 0.3 is 5.82 Å². The topological polar surface area (TPSA) is 90.2 Å². The van der Waals surface area contributed by atoms with Crippen molar-refractivity contribution >= 4 is 11.6 Å². The van der Waals surface area contributed by atoms with Gasteiger partial charge in [0.1, 0.15) is 18.6 Å². The molecule has 0 aliphatic rings. The van der Waals surface area contributed by atoms with Crippen LogP contribution in [0, 0.1) is 10.1 Å². The molecule has 0 amide bonds. The minimum absolute atomic E-state index is 0.152. The molecule has 2 heterocycles. The number of hydrogen-bond acceptors (Lipinski definition) is 6. The fourth-order valence-corrected chi connectivity index (χ4v) is 1.63. The number of nitrogens with zero attached hydrogens (tertiary/aromatic N) is 3. The quantitative estimate of drug-likeness (QED) is 0.642.